The van der Waals surface area contributed by atoms with Crippen LogP contribution in [0.15, 0.2) is 42.6 Å². The second kappa shape index (κ2) is 8.66. The first kappa shape index (κ1) is 19.7. The van der Waals surface area contributed by atoms with Crippen molar-refractivity contribution in [3.63, 3.8) is 0 Å². The lowest BCUT2D eigenvalue weighted by Crippen LogP contribution is -2.28. The van der Waals surface area contributed by atoms with Crippen molar-refractivity contribution in [3.05, 3.63) is 59.4 Å². The molecule has 1 atom stereocenters. The fourth-order valence-corrected chi connectivity index (χ4v) is 2.24. The van der Waals surface area contributed by atoms with Gasteiger partial charge in [-0.15, -0.1) is 0 Å². The summed E-state index contributed by atoms with van der Waals surface area (Å²) in [6, 6.07) is 9.95. The van der Waals surface area contributed by atoms with Crippen molar-refractivity contribution >= 4 is 5.91 Å². The predicted molar refractivity (Wildman–Crippen MR) is 90.4 cm³/mol. The van der Waals surface area contributed by atoms with Gasteiger partial charge in [0.2, 0.25) is 5.91 Å². The number of carbonyl (C=O) groups excluding carboxylic acids is 1. The van der Waals surface area contributed by atoms with Gasteiger partial charge in [-0.1, -0.05) is 24.3 Å². The number of halogens is 3. The van der Waals surface area contributed by atoms with Crippen LogP contribution in [-0.2, 0) is 17.8 Å². The lowest BCUT2D eigenvalue weighted by Gasteiger charge is -2.14. The molecule has 140 valence electrons. The molecule has 0 spiro atoms. The second-order valence-corrected chi connectivity index (χ2v) is 5.81. The van der Waals surface area contributed by atoms with Crippen molar-refractivity contribution in [2.75, 3.05) is 6.61 Å². The first-order valence-electron chi connectivity index (χ1n) is 7.99. The first-order chi connectivity index (χ1) is 12.3. The number of hydrogen-bond acceptors (Lipinski definition) is 4. The molecule has 0 saturated heterocycles. The van der Waals surface area contributed by atoms with Crippen LogP contribution in [-0.4, -0.2) is 23.7 Å². The Labute approximate surface area is 149 Å². The largest absolute Gasteiger partial charge is 0.483 e. The summed E-state index contributed by atoms with van der Waals surface area (Å²) in [5.74, 6) is -0.165. The molecule has 3 N–H and O–H groups in total. The highest BCUT2D eigenvalue weighted by Gasteiger charge is 2.28. The average Bonchev–Trinajstić information content (AvgIpc) is 2.60. The fraction of sp³-hybridized carbons (Fsp3) is 0.333. The van der Waals surface area contributed by atoms with Gasteiger partial charge in [0.15, 0.2) is 6.61 Å². The van der Waals surface area contributed by atoms with Gasteiger partial charge in [0, 0.05) is 6.54 Å². The Morgan fingerprint density at radius 2 is 1.85 bits per heavy atom. The zero-order valence-electron chi connectivity index (χ0n) is 14.2. The number of aromatic nitrogens is 1. The Bertz CT molecular complexity index is 716. The molecule has 0 radical (unpaired) electrons. The summed E-state index contributed by atoms with van der Waals surface area (Å²) < 4.78 is 40.9. The number of pyridine rings is 1. The quantitative estimate of drug-likeness (QED) is 0.789. The monoisotopic (exact) mass is 367 g/mol. The zero-order valence-corrected chi connectivity index (χ0v) is 14.2. The maximum Gasteiger partial charge on any atom is 0.422 e. The normalized spacial score (nSPS) is 12.5. The van der Waals surface area contributed by atoms with Crippen molar-refractivity contribution in [2.24, 2.45) is 5.73 Å². The Morgan fingerprint density at radius 3 is 2.38 bits per heavy atom. The minimum Gasteiger partial charge on any atom is -0.483 e. The summed E-state index contributed by atoms with van der Waals surface area (Å²) in [5.41, 5.74) is 7.90. The molecule has 1 aromatic heterocycles. The molecule has 8 heteroatoms. The Kier molecular flexibility index (Phi) is 6.57. The van der Waals surface area contributed by atoms with Gasteiger partial charge in [-0.3, -0.25) is 9.78 Å². The maximum absolute atomic E-state index is 12.1. The van der Waals surface area contributed by atoms with E-state index in [1.54, 1.807) is 6.92 Å². The number of carbonyl (C=O) groups is 1. The highest BCUT2D eigenvalue weighted by atomic mass is 19.4. The standard InChI is InChI=1S/C18H20F3N3O2/c1-12(16-7-6-15(10-23-16)26-11-18(19,20)21)24-17(25)8-13-2-4-14(9-22)5-3-13/h2-7,10,12H,8-9,11,22H2,1H3,(H,24,25)/t12-/m1/s1. The maximum atomic E-state index is 12.1. The Hall–Kier alpha value is -2.61. The van der Waals surface area contributed by atoms with Crippen molar-refractivity contribution in [3.8, 4) is 5.75 Å². The molecule has 2 rings (SSSR count). The lowest BCUT2D eigenvalue weighted by molar-refractivity contribution is -0.153. The predicted octanol–water partition coefficient (Wildman–Crippen LogP) is 2.90. The number of nitrogens with one attached hydrogen (secondary N) is 1. The molecule has 2 aromatic rings. The number of amides is 1. The molecule has 26 heavy (non-hydrogen) atoms. The van der Waals surface area contributed by atoms with Gasteiger partial charge in [0.1, 0.15) is 5.75 Å². The van der Waals surface area contributed by atoms with E-state index in [9.17, 15) is 18.0 Å². The van der Waals surface area contributed by atoms with Crippen molar-refractivity contribution in [2.45, 2.75) is 32.1 Å². The molecular formula is C18H20F3N3O2. The lowest BCUT2D eigenvalue weighted by atomic mass is 10.1. The third kappa shape index (κ3) is 6.36. The summed E-state index contributed by atoms with van der Waals surface area (Å²) in [7, 11) is 0. The van der Waals surface area contributed by atoms with Gasteiger partial charge in [0.05, 0.1) is 24.4 Å². The summed E-state index contributed by atoms with van der Waals surface area (Å²) in [6.45, 7) is 0.815. The number of rotatable bonds is 7. The van der Waals surface area contributed by atoms with Gasteiger partial charge < -0.3 is 15.8 Å². The number of nitrogens with zero attached hydrogens (tertiary/aromatic N) is 1. The number of alkyl halides is 3. The molecule has 0 aliphatic carbocycles. The average molecular weight is 367 g/mol. The number of nitrogens with two attached hydrogens (primary N) is 1. The summed E-state index contributed by atoms with van der Waals surface area (Å²) >= 11 is 0. The minimum atomic E-state index is -4.40. The van der Waals surface area contributed by atoms with E-state index in [1.165, 1.54) is 18.3 Å². The molecule has 0 saturated carbocycles. The number of ether oxygens (including phenoxy) is 1. The highest BCUT2D eigenvalue weighted by Crippen LogP contribution is 2.19. The van der Waals surface area contributed by atoms with E-state index in [2.05, 4.69) is 15.0 Å². The summed E-state index contributed by atoms with van der Waals surface area (Å²) in [6.07, 6.45) is -2.99. The molecule has 1 heterocycles. The van der Waals surface area contributed by atoms with Crippen molar-refractivity contribution in [1.29, 1.82) is 0 Å². The van der Waals surface area contributed by atoms with Gasteiger partial charge >= 0.3 is 6.18 Å². The van der Waals surface area contributed by atoms with Gasteiger partial charge in [-0.25, -0.2) is 0 Å². The molecule has 5 nitrogen and oxygen atoms in total. The molecule has 0 aliphatic rings. The fourth-order valence-electron chi connectivity index (χ4n) is 2.24. The molecular weight excluding hydrogens is 347 g/mol. The highest BCUT2D eigenvalue weighted by molar-refractivity contribution is 5.78. The molecule has 0 bridgehead atoms. The first-order valence-corrected chi connectivity index (χ1v) is 7.99. The molecule has 0 aliphatic heterocycles. The van der Waals surface area contributed by atoms with Crippen LogP contribution < -0.4 is 15.8 Å². The van der Waals surface area contributed by atoms with Crippen LogP contribution in [0.2, 0.25) is 0 Å². The van der Waals surface area contributed by atoms with Gasteiger partial charge in [0.25, 0.3) is 0 Å². The van der Waals surface area contributed by atoms with E-state index in [0.717, 1.165) is 11.1 Å². The van der Waals surface area contributed by atoms with Crippen LogP contribution in [0.1, 0.15) is 29.8 Å². The van der Waals surface area contributed by atoms with Crippen LogP contribution in [0.3, 0.4) is 0 Å². The smallest absolute Gasteiger partial charge is 0.422 e. The van der Waals surface area contributed by atoms with E-state index < -0.39 is 12.8 Å². The van der Waals surface area contributed by atoms with Crippen LogP contribution in [0.5, 0.6) is 5.75 Å². The van der Waals surface area contributed by atoms with E-state index in [-0.39, 0.29) is 24.1 Å². The Morgan fingerprint density at radius 1 is 1.19 bits per heavy atom. The van der Waals surface area contributed by atoms with E-state index in [1.807, 2.05) is 24.3 Å². The molecule has 0 fully saturated rings. The summed E-state index contributed by atoms with van der Waals surface area (Å²) in [5, 5.41) is 2.80. The topological polar surface area (TPSA) is 77.2 Å². The van der Waals surface area contributed by atoms with Crippen molar-refractivity contribution in [1.82, 2.24) is 10.3 Å². The number of hydrogen-bond donors (Lipinski definition) is 2. The Balaban J connectivity index is 1.87. The molecule has 0 unspecified atom stereocenters. The van der Waals surface area contributed by atoms with Crippen molar-refractivity contribution < 1.29 is 22.7 Å². The van der Waals surface area contributed by atoms with Crippen LogP contribution in [0.4, 0.5) is 13.2 Å². The van der Waals surface area contributed by atoms with E-state index in [4.69, 9.17) is 5.73 Å². The minimum absolute atomic E-state index is 0.0181. The van der Waals surface area contributed by atoms with E-state index >= 15 is 0 Å². The van der Waals surface area contributed by atoms with E-state index in [0.29, 0.717) is 12.2 Å². The van der Waals surface area contributed by atoms with Gasteiger partial charge in [-0.05, 0) is 30.2 Å². The second-order valence-electron chi connectivity index (χ2n) is 5.81. The molecule has 1 aromatic carbocycles. The molecule has 1 amide bonds. The third-order valence-corrected chi connectivity index (χ3v) is 3.61. The van der Waals surface area contributed by atoms with Crippen LogP contribution in [0.25, 0.3) is 0 Å². The SMILES string of the molecule is C[C@@H](NC(=O)Cc1ccc(CN)cc1)c1ccc(OCC(F)(F)F)cn1. The van der Waals surface area contributed by atoms with Crippen LogP contribution >= 0.6 is 0 Å². The van der Waals surface area contributed by atoms with Gasteiger partial charge in [-0.2, -0.15) is 13.2 Å². The summed E-state index contributed by atoms with van der Waals surface area (Å²) in [4.78, 5) is 16.2. The zero-order chi connectivity index (χ0) is 19.2. The van der Waals surface area contributed by atoms with Crippen LogP contribution in [0, 0.1) is 0 Å². The third-order valence-electron chi connectivity index (χ3n) is 3.61. The number of benzene rings is 1.